The molecule has 0 fully saturated rings. The standard InChI is InChI=1S/C16H13ClN2O4S2/c1-25(21,22)14-9-5-4-8-13(14)24(20)10-15-18-16(23-19-15)11-6-2-3-7-12(11)17/h2-9H,10H2,1H3/t24-/m1/s1. The summed E-state index contributed by atoms with van der Waals surface area (Å²) >= 11 is 6.09. The van der Waals surface area contributed by atoms with Crippen molar-refractivity contribution in [1.82, 2.24) is 10.1 Å². The molecular weight excluding hydrogens is 384 g/mol. The Morgan fingerprint density at radius 2 is 1.80 bits per heavy atom. The monoisotopic (exact) mass is 396 g/mol. The molecule has 9 heteroatoms. The summed E-state index contributed by atoms with van der Waals surface area (Å²) in [5.41, 5.74) is 0.574. The summed E-state index contributed by atoms with van der Waals surface area (Å²) in [5, 5.41) is 4.26. The summed E-state index contributed by atoms with van der Waals surface area (Å²) in [5.74, 6) is 0.353. The van der Waals surface area contributed by atoms with E-state index >= 15 is 0 Å². The minimum Gasteiger partial charge on any atom is -0.334 e. The van der Waals surface area contributed by atoms with Crippen LogP contribution in [0.3, 0.4) is 0 Å². The first-order valence-electron chi connectivity index (χ1n) is 7.11. The van der Waals surface area contributed by atoms with Gasteiger partial charge in [0.05, 0.1) is 36.9 Å². The average molecular weight is 397 g/mol. The third-order valence-electron chi connectivity index (χ3n) is 3.33. The third kappa shape index (κ3) is 3.97. The van der Waals surface area contributed by atoms with E-state index < -0.39 is 20.6 Å². The highest BCUT2D eigenvalue weighted by Crippen LogP contribution is 2.26. The van der Waals surface area contributed by atoms with Gasteiger partial charge in [0.15, 0.2) is 15.7 Å². The predicted octanol–water partition coefficient (Wildman–Crippen LogP) is 3.10. The van der Waals surface area contributed by atoms with Gasteiger partial charge in [-0.2, -0.15) is 4.98 Å². The summed E-state index contributed by atoms with van der Waals surface area (Å²) in [6.07, 6.45) is 1.08. The van der Waals surface area contributed by atoms with Gasteiger partial charge in [-0.3, -0.25) is 4.21 Å². The summed E-state index contributed by atoms with van der Waals surface area (Å²) in [4.78, 5) is 4.44. The van der Waals surface area contributed by atoms with E-state index in [9.17, 15) is 12.6 Å². The molecule has 1 atom stereocenters. The Hall–Kier alpha value is -2.03. The Morgan fingerprint density at radius 3 is 2.52 bits per heavy atom. The lowest BCUT2D eigenvalue weighted by atomic mass is 10.2. The number of nitrogens with zero attached hydrogens (tertiary/aromatic N) is 2. The van der Waals surface area contributed by atoms with Gasteiger partial charge in [-0.15, -0.1) is 0 Å². The largest absolute Gasteiger partial charge is 0.334 e. The van der Waals surface area contributed by atoms with Crippen molar-refractivity contribution in [1.29, 1.82) is 0 Å². The zero-order valence-corrected chi connectivity index (χ0v) is 15.4. The SMILES string of the molecule is CS(=O)(=O)c1ccccc1[S@](=O)Cc1noc(-c2ccccc2Cl)n1. The molecule has 0 aliphatic carbocycles. The van der Waals surface area contributed by atoms with E-state index in [0.717, 1.165) is 6.26 Å². The summed E-state index contributed by atoms with van der Waals surface area (Å²) in [7, 11) is -5.13. The second-order valence-electron chi connectivity index (χ2n) is 5.20. The van der Waals surface area contributed by atoms with E-state index in [1.54, 1.807) is 36.4 Å². The molecule has 0 saturated heterocycles. The first-order chi connectivity index (χ1) is 11.9. The Balaban J connectivity index is 1.88. The molecule has 0 saturated carbocycles. The van der Waals surface area contributed by atoms with Gasteiger partial charge in [0.1, 0.15) is 0 Å². The fourth-order valence-electron chi connectivity index (χ4n) is 2.20. The summed E-state index contributed by atoms with van der Waals surface area (Å²) in [6, 6.07) is 13.1. The highest BCUT2D eigenvalue weighted by molar-refractivity contribution is 7.92. The molecule has 0 amide bonds. The fraction of sp³-hybridized carbons (Fsp3) is 0.125. The van der Waals surface area contributed by atoms with Crippen LogP contribution in [0.1, 0.15) is 5.82 Å². The van der Waals surface area contributed by atoms with Crippen LogP contribution in [-0.2, 0) is 26.4 Å². The van der Waals surface area contributed by atoms with Gasteiger partial charge in [-0.05, 0) is 24.3 Å². The molecule has 0 spiro atoms. The highest BCUT2D eigenvalue weighted by Gasteiger charge is 2.20. The van der Waals surface area contributed by atoms with E-state index in [1.807, 2.05) is 0 Å². The van der Waals surface area contributed by atoms with E-state index in [4.69, 9.17) is 16.1 Å². The van der Waals surface area contributed by atoms with Gasteiger partial charge < -0.3 is 4.52 Å². The van der Waals surface area contributed by atoms with Crippen molar-refractivity contribution in [3.63, 3.8) is 0 Å². The van der Waals surface area contributed by atoms with Crippen molar-refractivity contribution in [3.05, 3.63) is 59.4 Å². The van der Waals surface area contributed by atoms with Crippen molar-refractivity contribution >= 4 is 32.2 Å². The minimum absolute atomic E-state index is 0.0307. The molecule has 1 heterocycles. The molecule has 6 nitrogen and oxygen atoms in total. The number of hydrogen-bond acceptors (Lipinski definition) is 6. The first kappa shape index (κ1) is 17.8. The molecule has 0 bridgehead atoms. The van der Waals surface area contributed by atoms with E-state index in [1.165, 1.54) is 12.1 Å². The van der Waals surface area contributed by atoms with Crippen molar-refractivity contribution in [2.75, 3.05) is 6.26 Å². The van der Waals surface area contributed by atoms with Crippen LogP contribution in [-0.4, -0.2) is 29.0 Å². The first-order valence-corrected chi connectivity index (χ1v) is 10.7. The van der Waals surface area contributed by atoms with E-state index in [2.05, 4.69) is 10.1 Å². The molecule has 25 heavy (non-hydrogen) atoms. The number of halogens is 1. The zero-order valence-electron chi connectivity index (χ0n) is 13.0. The number of aromatic nitrogens is 2. The van der Waals surface area contributed by atoms with Crippen molar-refractivity contribution in [2.24, 2.45) is 0 Å². The topological polar surface area (TPSA) is 90.1 Å². The number of benzene rings is 2. The molecule has 1 aromatic heterocycles. The van der Waals surface area contributed by atoms with Gasteiger partial charge in [-0.25, -0.2) is 8.42 Å². The quantitative estimate of drug-likeness (QED) is 0.658. The predicted molar refractivity (Wildman–Crippen MR) is 94.4 cm³/mol. The molecule has 3 aromatic rings. The summed E-state index contributed by atoms with van der Waals surface area (Å²) in [6.45, 7) is 0. The summed E-state index contributed by atoms with van der Waals surface area (Å²) < 4.78 is 41.4. The smallest absolute Gasteiger partial charge is 0.259 e. The molecular formula is C16H13ClN2O4S2. The van der Waals surface area contributed by atoms with E-state index in [-0.39, 0.29) is 27.3 Å². The normalized spacial score (nSPS) is 12.9. The van der Waals surface area contributed by atoms with Crippen LogP contribution < -0.4 is 0 Å². The van der Waals surface area contributed by atoms with Gasteiger partial charge in [0, 0.05) is 6.26 Å². The molecule has 0 N–H and O–H groups in total. The molecule has 0 aliphatic rings. The van der Waals surface area contributed by atoms with Crippen molar-refractivity contribution in [2.45, 2.75) is 15.5 Å². The number of rotatable bonds is 5. The van der Waals surface area contributed by atoms with Gasteiger partial charge in [-0.1, -0.05) is 41.0 Å². The number of hydrogen-bond donors (Lipinski definition) is 0. The van der Waals surface area contributed by atoms with Crippen LogP contribution >= 0.6 is 11.6 Å². The zero-order chi connectivity index (χ0) is 18.0. The lowest BCUT2D eigenvalue weighted by molar-refractivity contribution is 0.425. The molecule has 130 valence electrons. The van der Waals surface area contributed by atoms with Gasteiger partial charge >= 0.3 is 0 Å². The molecule has 2 aromatic carbocycles. The second kappa shape index (κ2) is 7.07. The molecule has 0 radical (unpaired) electrons. The maximum absolute atomic E-state index is 12.6. The van der Waals surface area contributed by atoms with Crippen LogP contribution in [0.5, 0.6) is 0 Å². The lowest BCUT2D eigenvalue weighted by Gasteiger charge is -2.05. The lowest BCUT2D eigenvalue weighted by Crippen LogP contribution is -2.06. The second-order valence-corrected chi connectivity index (χ2v) is 9.02. The Bertz CT molecular complexity index is 1050. The van der Waals surface area contributed by atoms with Crippen molar-refractivity contribution in [3.8, 4) is 11.5 Å². The number of sulfone groups is 1. The minimum atomic E-state index is -3.49. The van der Waals surface area contributed by atoms with Gasteiger partial charge in [0.2, 0.25) is 0 Å². The Labute approximate surface area is 152 Å². The van der Waals surface area contributed by atoms with Crippen LogP contribution in [0.2, 0.25) is 5.02 Å². The highest BCUT2D eigenvalue weighted by atomic mass is 35.5. The van der Waals surface area contributed by atoms with Crippen LogP contribution in [0.4, 0.5) is 0 Å². The molecule has 0 unspecified atom stereocenters. The maximum atomic E-state index is 12.6. The average Bonchev–Trinajstić information content (AvgIpc) is 3.02. The van der Waals surface area contributed by atoms with Crippen molar-refractivity contribution < 1.29 is 17.1 Å². The Morgan fingerprint density at radius 1 is 1.12 bits per heavy atom. The van der Waals surface area contributed by atoms with Crippen LogP contribution in [0.15, 0.2) is 62.8 Å². The Kier molecular flexibility index (Phi) is 5.03. The van der Waals surface area contributed by atoms with Crippen LogP contribution in [0, 0.1) is 0 Å². The molecule has 3 rings (SSSR count). The fourth-order valence-corrected chi connectivity index (χ4v) is 4.94. The maximum Gasteiger partial charge on any atom is 0.259 e. The molecule has 0 aliphatic heterocycles. The third-order valence-corrected chi connectivity index (χ3v) is 6.31. The van der Waals surface area contributed by atoms with E-state index in [0.29, 0.717) is 10.6 Å². The van der Waals surface area contributed by atoms with Crippen LogP contribution in [0.25, 0.3) is 11.5 Å². The van der Waals surface area contributed by atoms with Gasteiger partial charge in [0.25, 0.3) is 5.89 Å².